The summed E-state index contributed by atoms with van der Waals surface area (Å²) < 4.78 is 0. The molecule has 0 aliphatic heterocycles. The Morgan fingerprint density at radius 3 is 2.60 bits per heavy atom. The molecule has 1 N–H and O–H groups in total. The zero-order valence-corrected chi connectivity index (χ0v) is 10.3. The van der Waals surface area contributed by atoms with E-state index in [1.807, 2.05) is 14.0 Å². The minimum absolute atomic E-state index is 0.197. The van der Waals surface area contributed by atoms with Crippen LogP contribution in [0, 0.1) is 5.92 Å². The highest BCUT2D eigenvalue weighted by molar-refractivity contribution is 5.77. The first kappa shape index (κ1) is 12.5. The Labute approximate surface area is 93.2 Å². The van der Waals surface area contributed by atoms with Gasteiger partial charge in [0.2, 0.25) is 5.91 Å². The lowest BCUT2D eigenvalue weighted by Gasteiger charge is -2.22. The van der Waals surface area contributed by atoms with Gasteiger partial charge in [-0.05, 0) is 32.6 Å². The van der Waals surface area contributed by atoms with Crippen LogP contribution in [0.2, 0.25) is 0 Å². The summed E-state index contributed by atoms with van der Waals surface area (Å²) in [5, 5.41) is 3.35. The van der Waals surface area contributed by atoms with Gasteiger partial charge in [0.15, 0.2) is 0 Å². The van der Waals surface area contributed by atoms with E-state index in [2.05, 4.69) is 12.2 Å². The molecule has 0 bridgehead atoms. The number of rotatable bonds is 5. The van der Waals surface area contributed by atoms with Gasteiger partial charge in [0.25, 0.3) is 0 Å². The van der Waals surface area contributed by atoms with Crippen LogP contribution in [0.3, 0.4) is 0 Å². The van der Waals surface area contributed by atoms with Crippen molar-refractivity contribution in [3.05, 3.63) is 0 Å². The quantitative estimate of drug-likeness (QED) is 0.751. The van der Waals surface area contributed by atoms with Crippen molar-refractivity contribution >= 4 is 5.91 Å². The summed E-state index contributed by atoms with van der Waals surface area (Å²) in [5.41, 5.74) is 0. The number of amides is 1. The lowest BCUT2D eigenvalue weighted by atomic mass is 10.00. The molecular formula is C12H24N2O. The van der Waals surface area contributed by atoms with Gasteiger partial charge in [-0.1, -0.05) is 12.8 Å². The van der Waals surface area contributed by atoms with Gasteiger partial charge < -0.3 is 10.2 Å². The standard InChI is InChI=1S/C12H24N2O/c1-4-14(3)12(15)9-13-10(2)11-7-5-6-8-11/h10-11,13H,4-9H2,1-3H3. The number of nitrogens with one attached hydrogen (secondary N) is 1. The van der Waals surface area contributed by atoms with E-state index in [0.717, 1.165) is 12.5 Å². The van der Waals surface area contributed by atoms with Crippen LogP contribution >= 0.6 is 0 Å². The molecule has 0 aromatic rings. The Hall–Kier alpha value is -0.570. The maximum absolute atomic E-state index is 11.6. The van der Waals surface area contributed by atoms with E-state index >= 15 is 0 Å². The van der Waals surface area contributed by atoms with Crippen LogP contribution in [0.15, 0.2) is 0 Å². The second kappa shape index (κ2) is 6.11. The van der Waals surface area contributed by atoms with Crippen LogP contribution in [0.25, 0.3) is 0 Å². The third-order valence-electron chi connectivity index (χ3n) is 3.58. The predicted molar refractivity (Wildman–Crippen MR) is 62.7 cm³/mol. The molecule has 1 aliphatic carbocycles. The Kier molecular flexibility index (Phi) is 5.09. The monoisotopic (exact) mass is 212 g/mol. The van der Waals surface area contributed by atoms with E-state index in [9.17, 15) is 4.79 Å². The third kappa shape index (κ3) is 3.82. The molecule has 0 aromatic heterocycles. The van der Waals surface area contributed by atoms with Crippen molar-refractivity contribution in [2.45, 2.75) is 45.6 Å². The normalized spacial score (nSPS) is 19.1. The summed E-state index contributed by atoms with van der Waals surface area (Å²) >= 11 is 0. The van der Waals surface area contributed by atoms with Crippen molar-refractivity contribution in [1.82, 2.24) is 10.2 Å². The lowest BCUT2D eigenvalue weighted by molar-refractivity contribution is -0.128. The molecule has 3 heteroatoms. The summed E-state index contributed by atoms with van der Waals surface area (Å²) in [5.74, 6) is 0.979. The fourth-order valence-electron chi connectivity index (χ4n) is 2.18. The lowest BCUT2D eigenvalue weighted by Crippen LogP contribution is -2.41. The Bertz CT molecular complexity index is 200. The molecule has 0 radical (unpaired) electrons. The molecule has 15 heavy (non-hydrogen) atoms. The molecule has 0 aromatic carbocycles. The number of carbonyl (C=O) groups is 1. The van der Waals surface area contributed by atoms with E-state index in [4.69, 9.17) is 0 Å². The fraction of sp³-hybridized carbons (Fsp3) is 0.917. The van der Waals surface area contributed by atoms with Crippen LogP contribution in [-0.4, -0.2) is 37.0 Å². The summed E-state index contributed by atoms with van der Waals surface area (Å²) in [6.45, 7) is 5.48. The maximum atomic E-state index is 11.6. The van der Waals surface area contributed by atoms with Gasteiger partial charge in [-0.2, -0.15) is 0 Å². The van der Waals surface area contributed by atoms with Crippen LogP contribution < -0.4 is 5.32 Å². The van der Waals surface area contributed by atoms with E-state index in [1.165, 1.54) is 25.7 Å². The van der Waals surface area contributed by atoms with Crippen molar-refractivity contribution in [3.8, 4) is 0 Å². The maximum Gasteiger partial charge on any atom is 0.236 e. The van der Waals surface area contributed by atoms with Gasteiger partial charge in [-0.25, -0.2) is 0 Å². The van der Waals surface area contributed by atoms with Gasteiger partial charge in [0.1, 0.15) is 0 Å². The van der Waals surface area contributed by atoms with Gasteiger partial charge in [0, 0.05) is 19.6 Å². The van der Waals surface area contributed by atoms with Crippen molar-refractivity contribution in [3.63, 3.8) is 0 Å². The SMILES string of the molecule is CCN(C)C(=O)CNC(C)C1CCCC1. The van der Waals surface area contributed by atoms with Crippen LogP contribution in [0.5, 0.6) is 0 Å². The van der Waals surface area contributed by atoms with Crippen molar-refractivity contribution in [2.75, 3.05) is 20.1 Å². The van der Waals surface area contributed by atoms with E-state index in [-0.39, 0.29) is 5.91 Å². The third-order valence-corrected chi connectivity index (χ3v) is 3.58. The highest BCUT2D eigenvalue weighted by Gasteiger charge is 2.21. The molecule has 1 unspecified atom stereocenters. The van der Waals surface area contributed by atoms with Crippen LogP contribution in [0.1, 0.15) is 39.5 Å². The number of likely N-dealkylation sites (N-methyl/N-ethyl adjacent to an activating group) is 1. The fourth-order valence-corrected chi connectivity index (χ4v) is 2.18. The van der Waals surface area contributed by atoms with Crippen molar-refractivity contribution in [2.24, 2.45) is 5.92 Å². The zero-order chi connectivity index (χ0) is 11.3. The molecule has 1 atom stereocenters. The molecule has 0 saturated heterocycles. The van der Waals surface area contributed by atoms with Crippen molar-refractivity contribution < 1.29 is 4.79 Å². The first-order chi connectivity index (χ1) is 7.15. The van der Waals surface area contributed by atoms with Crippen LogP contribution in [0.4, 0.5) is 0 Å². The highest BCUT2D eigenvalue weighted by Crippen LogP contribution is 2.27. The number of nitrogens with zero attached hydrogens (tertiary/aromatic N) is 1. The second-order valence-electron chi connectivity index (χ2n) is 4.62. The molecule has 3 nitrogen and oxygen atoms in total. The predicted octanol–water partition coefficient (Wildman–Crippen LogP) is 1.63. The number of hydrogen-bond donors (Lipinski definition) is 1. The minimum Gasteiger partial charge on any atom is -0.345 e. The summed E-state index contributed by atoms with van der Waals surface area (Å²) in [6.07, 6.45) is 5.37. The molecule has 1 amide bonds. The number of hydrogen-bond acceptors (Lipinski definition) is 2. The second-order valence-corrected chi connectivity index (χ2v) is 4.62. The van der Waals surface area contributed by atoms with Crippen molar-refractivity contribution in [1.29, 1.82) is 0 Å². The molecular weight excluding hydrogens is 188 g/mol. The molecule has 1 rings (SSSR count). The molecule has 0 heterocycles. The largest absolute Gasteiger partial charge is 0.345 e. The van der Waals surface area contributed by atoms with Crippen LogP contribution in [-0.2, 0) is 4.79 Å². The Morgan fingerprint density at radius 2 is 2.07 bits per heavy atom. The van der Waals surface area contributed by atoms with Gasteiger partial charge in [0.05, 0.1) is 6.54 Å². The smallest absolute Gasteiger partial charge is 0.236 e. The first-order valence-electron chi connectivity index (χ1n) is 6.12. The first-order valence-corrected chi connectivity index (χ1v) is 6.12. The average Bonchev–Trinajstić information content (AvgIpc) is 2.77. The topological polar surface area (TPSA) is 32.3 Å². The summed E-state index contributed by atoms with van der Waals surface area (Å²) in [4.78, 5) is 13.3. The van der Waals surface area contributed by atoms with E-state index in [0.29, 0.717) is 12.6 Å². The van der Waals surface area contributed by atoms with Gasteiger partial charge >= 0.3 is 0 Å². The summed E-state index contributed by atoms with van der Waals surface area (Å²) in [7, 11) is 1.85. The van der Waals surface area contributed by atoms with Gasteiger partial charge in [-0.3, -0.25) is 4.79 Å². The molecule has 0 spiro atoms. The zero-order valence-electron chi connectivity index (χ0n) is 10.3. The Morgan fingerprint density at radius 1 is 1.47 bits per heavy atom. The molecule has 1 fully saturated rings. The van der Waals surface area contributed by atoms with E-state index in [1.54, 1.807) is 4.90 Å². The average molecular weight is 212 g/mol. The highest BCUT2D eigenvalue weighted by atomic mass is 16.2. The Balaban J connectivity index is 2.20. The molecule has 1 aliphatic rings. The number of carbonyl (C=O) groups excluding carboxylic acids is 1. The molecule has 1 saturated carbocycles. The minimum atomic E-state index is 0.197. The molecule has 88 valence electrons. The van der Waals surface area contributed by atoms with E-state index < -0.39 is 0 Å². The van der Waals surface area contributed by atoms with Gasteiger partial charge in [-0.15, -0.1) is 0 Å². The summed E-state index contributed by atoms with van der Waals surface area (Å²) in [6, 6.07) is 0.488.